The van der Waals surface area contributed by atoms with Gasteiger partial charge in [0.2, 0.25) is 5.89 Å². The summed E-state index contributed by atoms with van der Waals surface area (Å²) in [6.45, 7) is 1.06. The monoisotopic (exact) mass is 235 g/mol. The fourth-order valence-corrected chi connectivity index (χ4v) is 3.34. The van der Waals surface area contributed by atoms with E-state index in [1.165, 1.54) is 12.8 Å². The third-order valence-electron chi connectivity index (χ3n) is 4.25. The van der Waals surface area contributed by atoms with E-state index in [2.05, 4.69) is 15.5 Å². The highest BCUT2D eigenvalue weighted by atomic mass is 16.5. The topological polar surface area (TPSA) is 60.2 Å². The molecule has 0 amide bonds. The van der Waals surface area contributed by atoms with Crippen LogP contribution in [0.2, 0.25) is 0 Å². The predicted molar refractivity (Wildman–Crippen MR) is 59.5 cm³/mol. The fraction of sp³-hybridized carbons (Fsp3) is 0.833. The quantitative estimate of drug-likeness (QED) is 0.842. The minimum absolute atomic E-state index is 0.274. The summed E-state index contributed by atoms with van der Waals surface area (Å²) in [5, 5.41) is 7.54. The zero-order valence-electron chi connectivity index (χ0n) is 9.76. The summed E-state index contributed by atoms with van der Waals surface area (Å²) in [6.07, 6.45) is 6.51. The molecule has 5 heteroatoms. The van der Waals surface area contributed by atoms with Crippen molar-refractivity contribution >= 4 is 0 Å². The highest BCUT2D eigenvalue weighted by Gasteiger charge is 2.43. The summed E-state index contributed by atoms with van der Waals surface area (Å²) in [5.41, 5.74) is 0. The van der Waals surface area contributed by atoms with E-state index in [0.29, 0.717) is 18.1 Å². The van der Waals surface area contributed by atoms with E-state index in [1.54, 1.807) is 0 Å². The standard InChI is InChI=1S/C12H17N3O2/c1-2-9(13-5-1)12-14-11(15-17-12)8-6-7-3-4-10(8)16-7/h7-10,13H,1-6H2/t7?,8?,9-,10?/m0/s1. The third kappa shape index (κ3) is 1.60. The number of aromatic nitrogens is 2. The van der Waals surface area contributed by atoms with E-state index in [9.17, 15) is 0 Å². The van der Waals surface area contributed by atoms with Crippen LogP contribution in [0.15, 0.2) is 4.52 Å². The molecule has 3 aliphatic rings. The Bertz CT molecular complexity index is 414. The predicted octanol–water partition coefficient (Wildman–Crippen LogP) is 1.53. The van der Waals surface area contributed by atoms with Gasteiger partial charge >= 0.3 is 0 Å². The smallest absolute Gasteiger partial charge is 0.243 e. The van der Waals surface area contributed by atoms with Crippen molar-refractivity contribution in [2.75, 3.05) is 6.54 Å². The molecule has 1 aromatic heterocycles. The van der Waals surface area contributed by atoms with Gasteiger partial charge in [-0.2, -0.15) is 4.98 Å². The maximum Gasteiger partial charge on any atom is 0.243 e. The van der Waals surface area contributed by atoms with Gasteiger partial charge in [-0.1, -0.05) is 5.16 Å². The van der Waals surface area contributed by atoms with Crippen LogP contribution in [0.4, 0.5) is 0 Å². The van der Waals surface area contributed by atoms with Crippen LogP contribution in [-0.4, -0.2) is 28.9 Å². The molecular weight excluding hydrogens is 218 g/mol. The minimum Gasteiger partial charge on any atom is -0.374 e. The van der Waals surface area contributed by atoms with Crippen LogP contribution in [0.5, 0.6) is 0 Å². The maximum absolute atomic E-state index is 5.84. The van der Waals surface area contributed by atoms with Crippen LogP contribution in [0.1, 0.15) is 55.8 Å². The summed E-state index contributed by atoms with van der Waals surface area (Å²) in [4.78, 5) is 4.57. The van der Waals surface area contributed by atoms with Crippen molar-refractivity contribution < 1.29 is 9.26 Å². The van der Waals surface area contributed by atoms with Crippen molar-refractivity contribution in [3.63, 3.8) is 0 Å². The number of fused-ring (bicyclic) bond motifs is 2. The molecule has 0 spiro atoms. The van der Waals surface area contributed by atoms with Gasteiger partial charge in [0, 0.05) is 0 Å². The molecule has 3 unspecified atom stereocenters. The Labute approximate surface area is 99.9 Å². The molecule has 17 heavy (non-hydrogen) atoms. The van der Waals surface area contributed by atoms with E-state index in [4.69, 9.17) is 9.26 Å². The fourth-order valence-electron chi connectivity index (χ4n) is 3.34. The van der Waals surface area contributed by atoms with Gasteiger partial charge in [0.05, 0.1) is 24.2 Å². The first-order valence-corrected chi connectivity index (χ1v) is 6.62. The van der Waals surface area contributed by atoms with Crippen LogP contribution < -0.4 is 5.32 Å². The first-order chi connectivity index (χ1) is 8.40. The summed E-state index contributed by atoms with van der Waals surface area (Å²) in [6, 6.07) is 0.274. The van der Waals surface area contributed by atoms with E-state index >= 15 is 0 Å². The lowest BCUT2D eigenvalue weighted by atomic mass is 9.89. The van der Waals surface area contributed by atoms with Gasteiger partial charge in [-0.3, -0.25) is 0 Å². The highest BCUT2D eigenvalue weighted by molar-refractivity contribution is 5.08. The van der Waals surface area contributed by atoms with Gasteiger partial charge < -0.3 is 14.6 Å². The molecule has 0 saturated carbocycles. The highest BCUT2D eigenvalue weighted by Crippen LogP contribution is 2.43. The van der Waals surface area contributed by atoms with Crippen molar-refractivity contribution in [1.82, 2.24) is 15.5 Å². The summed E-state index contributed by atoms with van der Waals surface area (Å²) in [7, 11) is 0. The molecule has 3 saturated heterocycles. The van der Waals surface area contributed by atoms with Crippen LogP contribution in [-0.2, 0) is 4.74 Å². The Morgan fingerprint density at radius 3 is 2.94 bits per heavy atom. The van der Waals surface area contributed by atoms with Gasteiger partial charge in [0.1, 0.15) is 0 Å². The summed E-state index contributed by atoms with van der Waals surface area (Å²) < 4.78 is 11.2. The van der Waals surface area contributed by atoms with Gasteiger partial charge in [0.15, 0.2) is 5.82 Å². The van der Waals surface area contributed by atoms with Crippen LogP contribution in [0, 0.1) is 0 Å². The SMILES string of the molecule is C1CN[C@H](c2nc(C3CC4CCC3O4)no2)C1. The van der Waals surface area contributed by atoms with Crippen molar-refractivity contribution in [2.45, 2.75) is 56.3 Å². The van der Waals surface area contributed by atoms with E-state index in [-0.39, 0.29) is 6.04 Å². The zero-order valence-corrected chi connectivity index (χ0v) is 9.76. The van der Waals surface area contributed by atoms with Crippen molar-refractivity contribution in [2.24, 2.45) is 0 Å². The molecule has 4 heterocycles. The Balaban J connectivity index is 1.54. The van der Waals surface area contributed by atoms with Crippen molar-refractivity contribution in [1.29, 1.82) is 0 Å². The van der Waals surface area contributed by atoms with Gasteiger partial charge in [-0.15, -0.1) is 0 Å². The summed E-state index contributed by atoms with van der Waals surface area (Å²) >= 11 is 0. The normalized spacial score (nSPS) is 40.2. The maximum atomic E-state index is 5.84. The molecule has 1 N–H and O–H groups in total. The van der Waals surface area contributed by atoms with E-state index in [0.717, 1.165) is 37.5 Å². The van der Waals surface area contributed by atoms with Gasteiger partial charge in [-0.25, -0.2) is 0 Å². The number of hydrogen-bond acceptors (Lipinski definition) is 5. The molecule has 2 bridgehead atoms. The molecular formula is C12H17N3O2. The second-order valence-corrected chi connectivity index (χ2v) is 5.36. The lowest BCUT2D eigenvalue weighted by Gasteiger charge is -2.13. The lowest BCUT2D eigenvalue weighted by Crippen LogP contribution is -2.16. The molecule has 4 rings (SSSR count). The van der Waals surface area contributed by atoms with E-state index in [1.807, 2.05) is 0 Å². The van der Waals surface area contributed by atoms with Crippen molar-refractivity contribution in [3.05, 3.63) is 11.7 Å². The Morgan fingerprint density at radius 1 is 1.24 bits per heavy atom. The minimum atomic E-state index is 0.274. The Kier molecular flexibility index (Phi) is 2.23. The second kappa shape index (κ2) is 3.78. The molecule has 0 aromatic carbocycles. The second-order valence-electron chi connectivity index (χ2n) is 5.36. The average Bonchev–Trinajstić information content (AvgIpc) is 3.12. The number of rotatable bonds is 2. The van der Waals surface area contributed by atoms with Crippen LogP contribution in [0.25, 0.3) is 0 Å². The van der Waals surface area contributed by atoms with Crippen LogP contribution in [0.3, 0.4) is 0 Å². The number of hydrogen-bond donors (Lipinski definition) is 1. The number of nitrogens with zero attached hydrogens (tertiary/aromatic N) is 2. The third-order valence-corrected chi connectivity index (χ3v) is 4.25. The van der Waals surface area contributed by atoms with Crippen molar-refractivity contribution in [3.8, 4) is 0 Å². The molecule has 0 radical (unpaired) electrons. The number of nitrogens with one attached hydrogen (secondary N) is 1. The average molecular weight is 235 g/mol. The van der Waals surface area contributed by atoms with Gasteiger partial charge in [0.25, 0.3) is 0 Å². The zero-order chi connectivity index (χ0) is 11.2. The molecule has 92 valence electrons. The molecule has 3 aliphatic heterocycles. The molecule has 0 aliphatic carbocycles. The molecule has 3 fully saturated rings. The Hall–Kier alpha value is -0.940. The van der Waals surface area contributed by atoms with Crippen LogP contribution >= 0.6 is 0 Å². The molecule has 5 nitrogen and oxygen atoms in total. The van der Waals surface area contributed by atoms with Gasteiger partial charge in [-0.05, 0) is 38.6 Å². The first-order valence-electron chi connectivity index (χ1n) is 6.62. The molecule has 4 atom stereocenters. The summed E-state index contributed by atoms with van der Waals surface area (Å²) in [5.74, 6) is 1.99. The molecule has 1 aromatic rings. The Morgan fingerprint density at radius 2 is 2.24 bits per heavy atom. The number of ether oxygens (including phenoxy) is 1. The van der Waals surface area contributed by atoms with E-state index < -0.39 is 0 Å². The largest absolute Gasteiger partial charge is 0.374 e. The first kappa shape index (κ1) is 10.0. The lowest BCUT2D eigenvalue weighted by molar-refractivity contribution is 0.0996.